The lowest BCUT2D eigenvalue weighted by Crippen LogP contribution is -2.11. The van der Waals surface area contributed by atoms with Gasteiger partial charge in [-0.1, -0.05) is 53.7 Å². The quantitative estimate of drug-likeness (QED) is 0.435. The van der Waals surface area contributed by atoms with E-state index in [1.165, 1.54) is 11.1 Å². The minimum absolute atomic E-state index is 0.0249. The lowest BCUT2D eigenvalue weighted by Gasteiger charge is -2.20. The Bertz CT molecular complexity index is 1180. The highest BCUT2D eigenvalue weighted by atomic mass is 16.1. The zero-order chi connectivity index (χ0) is 21.1. The molecule has 0 N–H and O–H groups in total. The first kappa shape index (κ1) is 19.7. The fourth-order valence-electron chi connectivity index (χ4n) is 3.77. The molecular formula is C25H24N4O. The Morgan fingerprint density at radius 2 is 1.80 bits per heavy atom. The molecule has 1 unspecified atom stereocenters. The van der Waals surface area contributed by atoms with Crippen LogP contribution in [0.15, 0.2) is 73.1 Å². The van der Waals surface area contributed by atoms with Gasteiger partial charge < -0.3 is 0 Å². The smallest absolute Gasteiger partial charge is 0.163 e. The fourth-order valence-corrected chi connectivity index (χ4v) is 3.77. The van der Waals surface area contributed by atoms with Gasteiger partial charge in [-0.2, -0.15) is 0 Å². The highest BCUT2D eigenvalue weighted by Gasteiger charge is 2.21. The van der Waals surface area contributed by atoms with Gasteiger partial charge in [0.15, 0.2) is 5.78 Å². The number of hydrogen-bond acceptors (Lipinski definition) is 4. The minimum atomic E-state index is -0.0249. The van der Waals surface area contributed by atoms with E-state index in [2.05, 4.69) is 46.5 Å². The number of nitrogens with zero attached hydrogens (tertiary/aromatic N) is 4. The first-order valence-corrected chi connectivity index (χ1v) is 9.99. The van der Waals surface area contributed by atoms with Gasteiger partial charge in [-0.15, -0.1) is 5.10 Å². The number of aromatic nitrogens is 4. The number of benzene rings is 2. The van der Waals surface area contributed by atoms with Crippen LogP contribution in [0, 0.1) is 13.8 Å². The molecule has 0 amide bonds. The number of hydrogen-bond donors (Lipinski definition) is 0. The summed E-state index contributed by atoms with van der Waals surface area (Å²) in [6, 6.07) is 20.2. The molecule has 0 aliphatic heterocycles. The second kappa shape index (κ2) is 8.41. The third kappa shape index (κ3) is 4.20. The van der Waals surface area contributed by atoms with Crippen LogP contribution in [0.2, 0.25) is 0 Å². The molecule has 5 nitrogen and oxygen atoms in total. The van der Waals surface area contributed by atoms with Crippen molar-refractivity contribution in [1.82, 2.24) is 20.0 Å². The molecule has 0 fully saturated rings. The maximum absolute atomic E-state index is 13.1. The van der Waals surface area contributed by atoms with Crippen molar-refractivity contribution in [2.45, 2.75) is 26.2 Å². The van der Waals surface area contributed by atoms with Crippen molar-refractivity contribution in [3.63, 3.8) is 0 Å². The predicted molar refractivity (Wildman–Crippen MR) is 117 cm³/mol. The number of pyridine rings is 1. The number of aryl methyl sites for hydroxylation is 3. The Balaban J connectivity index is 1.69. The van der Waals surface area contributed by atoms with Crippen molar-refractivity contribution >= 4 is 5.78 Å². The first-order valence-electron chi connectivity index (χ1n) is 9.99. The van der Waals surface area contributed by atoms with Crippen LogP contribution < -0.4 is 0 Å². The summed E-state index contributed by atoms with van der Waals surface area (Å²) in [6.45, 7) is 4.00. The van der Waals surface area contributed by atoms with Crippen molar-refractivity contribution in [3.05, 3.63) is 101 Å². The average molecular weight is 396 g/mol. The SMILES string of the molecule is Cc1cc(C(=O)CC(c2ccc(-c3cn(C)nn3)cc2)c2ccccc2C)ccn1. The lowest BCUT2D eigenvalue weighted by molar-refractivity contribution is 0.0977. The second-order valence-electron chi connectivity index (χ2n) is 7.62. The maximum Gasteiger partial charge on any atom is 0.163 e. The van der Waals surface area contributed by atoms with Gasteiger partial charge in [-0.25, -0.2) is 0 Å². The van der Waals surface area contributed by atoms with Gasteiger partial charge in [0.2, 0.25) is 0 Å². The summed E-state index contributed by atoms with van der Waals surface area (Å²) in [5.74, 6) is 0.0924. The molecule has 2 aromatic heterocycles. The van der Waals surface area contributed by atoms with Gasteiger partial charge in [0.25, 0.3) is 0 Å². The molecule has 0 aliphatic rings. The molecule has 0 aliphatic carbocycles. The van der Waals surface area contributed by atoms with Crippen LogP contribution in [-0.2, 0) is 7.05 Å². The first-order chi connectivity index (χ1) is 14.5. The van der Waals surface area contributed by atoms with Crippen LogP contribution >= 0.6 is 0 Å². The van der Waals surface area contributed by atoms with Gasteiger partial charge in [0, 0.05) is 42.4 Å². The largest absolute Gasteiger partial charge is 0.294 e. The Kier molecular flexibility index (Phi) is 5.53. The maximum atomic E-state index is 13.1. The molecule has 30 heavy (non-hydrogen) atoms. The number of rotatable bonds is 6. The number of carbonyl (C=O) groups excluding carboxylic acids is 1. The minimum Gasteiger partial charge on any atom is -0.294 e. The Hall–Kier alpha value is -3.60. The average Bonchev–Trinajstić information content (AvgIpc) is 3.19. The van der Waals surface area contributed by atoms with E-state index < -0.39 is 0 Å². The molecule has 0 saturated carbocycles. The van der Waals surface area contributed by atoms with E-state index in [0.29, 0.717) is 12.0 Å². The van der Waals surface area contributed by atoms with E-state index in [1.54, 1.807) is 16.9 Å². The van der Waals surface area contributed by atoms with Crippen LogP contribution in [0.3, 0.4) is 0 Å². The summed E-state index contributed by atoms with van der Waals surface area (Å²) in [4.78, 5) is 17.3. The van der Waals surface area contributed by atoms with Crippen LogP contribution in [-0.4, -0.2) is 25.8 Å². The summed E-state index contributed by atoms with van der Waals surface area (Å²) >= 11 is 0. The van der Waals surface area contributed by atoms with Crippen molar-refractivity contribution in [2.24, 2.45) is 7.05 Å². The standard InChI is InChI=1S/C25H24N4O/c1-17-6-4-5-7-22(17)23(15-25(30)21-12-13-26-18(2)14-21)19-8-10-20(11-9-19)24-16-29(3)28-27-24/h4-14,16,23H,15H2,1-3H3. The summed E-state index contributed by atoms with van der Waals surface area (Å²) < 4.78 is 1.69. The molecule has 4 rings (SSSR count). The molecule has 0 saturated heterocycles. The normalized spacial score (nSPS) is 12.0. The number of ketones is 1. The molecule has 4 aromatic rings. The molecule has 0 bridgehead atoms. The summed E-state index contributed by atoms with van der Waals surface area (Å²) in [7, 11) is 1.85. The predicted octanol–water partition coefficient (Wildman–Crippen LogP) is 4.90. The third-order valence-corrected chi connectivity index (χ3v) is 5.38. The molecular weight excluding hydrogens is 372 g/mol. The monoisotopic (exact) mass is 396 g/mol. The van der Waals surface area contributed by atoms with Crippen molar-refractivity contribution in [3.8, 4) is 11.3 Å². The number of Topliss-reactive ketones (excluding diaryl/α,β-unsaturated/α-hetero) is 1. The lowest BCUT2D eigenvalue weighted by atomic mass is 9.83. The van der Waals surface area contributed by atoms with E-state index in [4.69, 9.17) is 0 Å². The van der Waals surface area contributed by atoms with E-state index in [0.717, 1.165) is 22.5 Å². The van der Waals surface area contributed by atoms with Crippen LogP contribution in [0.1, 0.15) is 45.1 Å². The molecule has 2 heterocycles. The van der Waals surface area contributed by atoms with Gasteiger partial charge >= 0.3 is 0 Å². The molecule has 1 atom stereocenters. The second-order valence-corrected chi connectivity index (χ2v) is 7.62. The zero-order valence-electron chi connectivity index (χ0n) is 17.4. The van der Waals surface area contributed by atoms with E-state index >= 15 is 0 Å². The Labute approximate surface area is 176 Å². The van der Waals surface area contributed by atoms with Gasteiger partial charge in [-0.3, -0.25) is 14.5 Å². The van der Waals surface area contributed by atoms with Crippen LogP contribution in [0.4, 0.5) is 0 Å². The summed E-state index contributed by atoms with van der Waals surface area (Å²) in [5, 5.41) is 8.19. The summed E-state index contributed by atoms with van der Waals surface area (Å²) in [6.07, 6.45) is 3.99. The molecule has 5 heteroatoms. The van der Waals surface area contributed by atoms with Crippen LogP contribution in [0.5, 0.6) is 0 Å². The summed E-state index contributed by atoms with van der Waals surface area (Å²) in [5.41, 5.74) is 6.85. The van der Waals surface area contributed by atoms with Crippen molar-refractivity contribution < 1.29 is 4.79 Å². The molecule has 0 spiro atoms. The van der Waals surface area contributed by atoms with E-state index in [9.17, 15) is 4.79 Å². The van der Waals surface area contributed by atoms with Gasteiger partial charge in [-0.05, 0) is 42.7 Å². The third-order valence-electron chi connectivity index (χ3n) is 5.38. The van der Waals surface area contributed by atoms with Crippen LogP contribution in [0.25, 0.3) is 11.3 Å². The van der Waals surface area contributed by atoms with E-state index in [1.807, 2.05) is 50.5 Å². The Morgan fingerprint density at radius 3 is 2.47 bits per heavy atom. The molecule has 2 aromatic carbocycles. The van der Waals surface area contributed by atoms with Crippen molar-refractivity contribution in [2.75, 3.05) is 0 Å². The number of carbonyl (C=O) groups is 1. The highest BCUT2D eigenvalue weighted by Crippen LogP contribution is 2.32. The Morgan fingerprint density at radius 1 is 1.03 bits per heavy atom. The fraction of sp³-hybridized carbons (Fsp3) is 0.200. The molecule has 0 radical (unpaired) electrons. The topological polar surface area (TPSA) is 60.7 Å². The van der Waals surface area contributed by atoms with E-state index in [-0.39, 0.29) is 11.7 Å². The molecule has 150 valence electrons. The zero-order valence-corrected chi connectivity index (χ0v) is 17.4. The van der Waals surface area contributed by atoms with Gasteiger partial charge in [0.05, 0.1) is 6.20 Å². The van der Waals surface area contributed by atoms with Crippen molar-refractivity contribution in [1.29, 1.82) is 0 Å². The van der Waals surface area contributed by atoms with Gasteiger partial charge in [0.1, 0.15) is 5.69 Å². The highest BCUT2D eigenvalue weighted by molar-refractivity contribution is 5.96.